The standard InChI is InChI=1S/C23H26N2O2/c1-16-3-2-4-20-21(16)13-22(24-23(20)15-26)18-7-5-17(6-8-18)14-25-11-9-19(27)10-12-25/h2-8,13,15,19,23-24,27H,9-12,14H2,1H3. The van der Waals surface area contributed by atoms with Crippen LogP contribution >= 0.6 is 0 Å². The Morgan fingerprint density at radius 3 is 2.59 bits per heavy atom. The second kappa shape index (κ2) is 7.67. The number of carbonyl (C=O) groups is 1. The summed E-state index contributed by atoms with van der Waals surface area (Å²) in [6.07, 6.45) is 4.71. The number of nitrogens with zero attached hydrogens (tertiary/aromatic N) is 1. The van der Waals surface area contributed by atoms with Crippen LogP contribution < -0.4 is 5.32 Å². The van der Waals surface area contributed by atoms with Crippen LogP contribution in [0, 0.1) is 6.92 Å². The summed E-state index contributed by atoms with van der Waals surface area (Å²) >= 11 is 0. The number of rotatable bonds is 4. The van der Waals surface area contributed by atoms with Crippen molar-refractivity contribution in [2.24, 2.45) is 0 Å². The molecular weight excluding hydrogens is 336 g/mol. The fraction of sp³-hybridized carbons (Fsp3) is 0.348. The normalized spacial score (nSPS) is 20.5. The molecule has 2 aliphatic heterocycles. The highest BCUT2D eigenvalue weighted by Crippen LogP contribution is 2.31. The molecule has 1 atom stereocenters. The van der Waals surface area contributed by atoms with Crippen LogP contribution in [0.25, 0.3) is 11.8 Å². The molecule has 1 fully saturated rings. The fourth-order valence-corrected chi connectivity index (χ4v) is 4.00. The molecule has 2 aromatic rings. The van der Waals surface area contributed by atoms with Gasteiger partial charge >= 0.3 is 0 Å². The van der Waals surface area contributed by atoms with E-state index in [1.165, 1.54) is 11.1 Å². The summed E-state index contributed by atoms with van der Waals surface area (Å²) in [6, 6.07) is 14.4. The third-order valence-corrected chi connectivity index (χ3v) is 5.66. The van der Waals surface area contributed by atoms with E-state index in [0.717, 1.165) is 61.1 Å². The topological polar surface area (TPSA) is 52.6 Å². The molecule has 0 amide bonds. The highest BCUT2D eigenvalue weighted by molar-refractivity contribution is 5.88. The van der Waals surface area contributed by atoms with E-state index in [2.05, 4.69) is 53.5 Å². The Morgan fingerprint density at radius 2 is 1.89 bits per heavy atom. The van der Waals surface area contributed by atoms with Crippen LogP contribution in [0.1, 0.15) is 46.7 Å². The number of aldehydes is 1. The molecule has 0 radical (unpaired) electrons. The molecule has 140 valence electrons. The molecule has 2 aromatic carbocycles. The van der Waals surface area contributed by atoms with Crippen LogP contribution in [0.5, 0.6) is 0 Å². The molecule has 4 heteroatoms. The molecule has 0 saturated carbocycles. The number of benzene rings is 2. The largest absolute Gasteiger partial charge is 0.393 e. The van der Waals surface area contributed by atoms with Crippen molar-refractivity contribution in [3.05, 3.63) is 70.3 Å². The Balaban J connectivity index is 1.53. The van der Waals surface area contributed by atoms with Gasteiger partial charge in [-0.05, 0) is 53.7 Å². The third kappa shape index (κ3) is 3.82. The van der Waals surface area contributed by atoms with Gasteiger partial charge in [-0.25, -0.2) is 0 Å². The van der Waals surface area contributed by atoms with Crippen LogP contribution in [-0.2, 0) is 11.3 Å². The average Bonchev–Trinajstić information content (AvgIpc) is 2.70. The predicted molar refractivity (Wildman–Crippen MR) is 108 cm³/mol. The van der Waals surface area contributed by atoms with Gasteiger partial charge in [-0.15, -0.1) is 0 Å². The van der Waals surface area contributed by atoms with Gasteiger partial charge in [0.15, 0.2) is 0 Å². The first-order valence-electron chi connectivity index (χ1n) is 9.67. The first-order chi connectivity index (χ1) is 13.1. The van der Waals surface area contributed by atoms with Gasteiger partial charge in [0.05, 0.1) is 6.10 Å². The minimum Gasteiger partial charge on any atom is -0.393 e. The number of carbonyl (C=O) groups excluding carboxylic acids is 1. The molecule has 1 saturated heterocycles. The number of hydrogen-bond acceptors (Lipinski definition) is 4. The van der Waals surface area contributed by atoms with Crippen molar-refractivity contribution in [3.63, 3.8) is 0 Å². The van der Waals surface area contributed by atoms with E-state index < -0.39 is 0 Å². The number of fused-ring (bicyclic) bond motifs is 1. The lowest BCUT2D eigenvalue weighted by Crippen LogP contribution is -2.35. The minimum atomic E-state index is -0.306. The molecule has 0 bridgehead atoms. The second-order valence-electron chi connectivity index (χ2n) is 7.60. The molecular formula is C23H26N2O2. The number of hydrogen-bond donors (Lipinski definition) is 2. The van der Waals surface area contributed by atoms with Crippen LogP contribution in [0.15, 0.2) is 42.5 Å². The Kier molecular flexibility index (Phi) is 5.10. The van der Waals surface area contributed by atoms with E-state index in [0.29, 0.717) is 0 Å². The molecule has 4 nitrogen and oxygen atoms in total. The van der Waals surface area contributed by atoms with Gasteiger partial charge in [0.25, 0.3) is 0 Å². The van der Waals surface area contributed by atoms with Crippen LogP contribution in [0.2, 0.25) is 0 Å². The highest BCUT2D eigenvalue weighted by atomic mass is 16.3. The number of aliphatic hydroxyl groups excluding tert-OH is 1. The van der Waals surface area contributed by atoms with Crippen molar-refractivity contribution >= 4 is 18.1 Å². The number of aliphatic hydroxyl groups is 1. The van der Waals surface area contributed by atoms with Crippen LogP contribution in [0.4, 0.5) is 0 Å². The van der Waals surface area contributed by atoms with Crippen LogP contribution in [0.3, 0.4) is 0 Å². The monoisotopic (exact) mass is 362 g/mol. The van der Waals surface area contributed by atoms with E-state index in [1.807, 2.05) is 12.1 Å². The minimum absolute atomic E-state index is 0.134. The van der Waals surface area contributed by atoms with Crippen molar-refractivity contribution in [1.29, 1.82) is 0 Å². The summed E-state index contributed by atoms with van der Waals surface area (Å²) in [4.78, 5) is 14.0. The molecule has 2 aliphatic rings. The quantitative estimate of drug-likeness (QED) is 0.820. The summed E-state index contributed by atoms with van der Waals surface area (Å²) in [5.41, 5.74) is 6.71. The van der Waals surface area contributed by atoms with Gasteiger partial charge in [0.1, 0.15) is 12.3 Å². The zero-order valence-corrected chi connectivity index (χ0v) is 15.7. The SMILES string of the molecule is Cc1cccc2c1C=C(c1ccc(CN3CCC(O)CC3)cc1)NC2C=O. The van der Waals surface area contributed by atoms with Gasteiger partial charge in [0.2, 0.25) is 0 Å². The Labute approximate surface area is 160 Å². The fourth-order valence-electron chi connectivity index (χ4n) is 4.00. The smallest absolute Gasteiger partial charge is 0.146 e. The number of aryl methyl sites for hydroxylation is 1. The zero-order chi connectivity index (χ0) is 18.8. The third-order valence-electron chi connectivity index (χ3n) is 5.66. The summed E-state index contributed by atoms with van der Waals surface area (Å²) in [6.45, 7) is 4.90. The number of nitrogens with one attached hydrogen (secondary N) is 1. The van der Waals surface area contributed by atoms with E-state index in [4.69, 9.17) is 0 Å². The number of piperidine rings is 1. The molecule has 0 aromatic heterocycles. The molecule has 4 rings (SSSR count). The maximum absolute atomic E-state index is 11.6. The second-order valence-corrected chi connectivity index (χ2v) is 7.60. The Hall–Kier alpha value is -2.43. The van der Waals surface area contributed by atoms with Gasteiger partial charge in [-0.3, -0.25) is 4.90 Å². The van der Waals surface area contributed by atoms with Crippen molar-refractivity contribution < 1.29 is 9.90 Å². The van der Waals surface area contributed by atoms with E-state index in [-0.39, 0.29) is 12.1 Å². The molecule has 0 aliphatic carbocycles. The van der Waals surface area contributed by atoms with E-state index in [1.54, 1.807) is 0 Å². The molecule has 0 spiro atoms. The van der Waals surface area contributed by atoms with E-state index in [9.17, 15) is 9.90 Å². The van der Waals surface area contributed by atoms with Gasteiger partial charge in [0, 0.05) is 25.3 Å². The average molecular weight is 362 g/mol. The molecule has 2 N–H and O–H groups in total. The Bertz CT molecular complexity index is 849. The van der Waals surface area contributed by atoms with Crippen molar-refractivity contribution in [2.45, 2.75) is 38.5 Å². The zero-order valence-electron chi connectivity index (χ0n) is 15.7. The summed E-state index contributed by atoms with van der Waals surface area (Å²) in [5, 5.41) is 13.0. The van der Waals surface area contributed by atoms with E-state index >= 15 is 0 Å². The van der Waals surface area contributed by atoms with Crippen molar-refractivity contribution in [3.8, 4) is 0 Å². The maximum Gasteiger partial charge on any atom is 0.146 e. The first-order valence-corrected chi connectivity index (χ1v) is 9.67. The first kappa shape index (κ1) is 18.0. The lowest BCUT2D eigenvalue weighted by Gasteiger charge is -2.29. The van der Waals surface area contributed by atoms with Crippen molar-refractivity contribution in [2.75, 3.05) is 13.1 Å². The predicted octanol–water partition coefficient (Wildman–Crippen LogP) is 3.29. The maximum atomic E-state index is 11.6. The van der Waals surface area contributed by atoms with Crippen LogP contribution in [-0.4, -0.2) is 35.5 Å². The lowest BCUT2D eigenvalue weighted by atomic mass is 9.91. The molecule has 1 unspecified atom stereocenters. The summed E-state index contributed by atoms with van der Waals surface area (Å²) < 4.78 is 0. The van der Waals surface area contributed by atoms with Gasteiger partial charge in [-0.2, -0.15) is 0 Å². The van der Waals surface area contributed by atoms with Gasteiger partial charge in [-0.1, -0.05) is 42.5 Å². The summed E-state index contributed by atoms with van der Waals surface area (Å²) in [5.74, 6) is 0. The summed E-state index contributed by atoms with van der Waals surface area (Å²) in [7, 11) is 0. The number of likely N-dealkylation sites (tertiary alicyclic amines) is 1. The molecule has 2 heterocycles. The molecule has 27 heavy (non-hydrogen) atoms. The van der Waals surface area contributed by atoms with Gasteiger partial charge < -0.3 is 15.2 Å². The Morgan fingerprint density at radius 1 is 1.15 bits per heavy atom. The lowest BCUT2D eigenvalue weighted by molar-refractivity contribution is -0.109. The van der Waals surface area contributed by atoms with Crippen molar-refractivity contribution in [1.82, 2.24) is 10.2 Å². The highest BCUT2D eigenvalue weighted by Gasteiger charge is 2.22.